The molecule has 5 nitrogen and oxygen atoms in total. The Balaban J connectivity index is 1.70. The number of aryl methyl sites for hydroxylation is 1. The molecule has 34 heavy (non-hydrogen) atoms. The lowest BCUT2D eigenvalue weighted by Crippen LogP contribution is -2.46. The van der Waals surface area contributed by atoms with Gasteiger partial charge in [0.25, 0.3) is 5.91 Å². The topological polar surface area (TPSA) is 40.5 Å². The molecule has 0 radical (unpaired) electrons. The molecular weight excluding hydrogens is 420 g/mol. The largest absolute Gasteiger partial charge is 0.367 e. The van der Waals surface area contributed by atoms with Crippen LogP contribution in [0.2, 0.25) is 0 Å². The Bertz CT molecular complexity index is 1130. The van der Waals surface area contributed by atoms with Crippen molar-refractivity contribution in [1.82, 2.24) is 14.8 Å². The normalized spacial score (nSPS) is 15.4. The molecule has 1 saturated heterocycles. The third kappa shape index (κ3) is 5.05. The molecule has 2 aromatic carbocycles. The average molecular weight is 459 g/mol. The zero-order chi connectivity index (χ0) is 24.2. The molecule has 1 amide bonds. The molecule has 0 bridgehead atoms. The molecule has 1 aliphatic heterocycles. The number of rotatable bonds is 7. The van der Waals surface area contributed by atoms with Crippen LogP contribution in [0.25, 0.3) is 0 Å². The van der Waals surface area contributed by atoms with E-state index in [1.165, 1.54) is 22.5 Å². The van der Waals surface area contributed by atoms with Crippen LogP contribution in [0.15, 0.2) is 54.6 Å². The lowest BCUT2D eigenvalue weighted by Gasteiger charge is -2.36. The van der Waals surface area contributed by atoms with Gasteiger partial charge in [-0.3, -0.25) is 4.79 Å². The summed E-state index contributed by atoms with van der Waals surface area (Å²) in [5.41, 5.74) is 7.80. The van der Waals surface area contributed by atoms with E-state index in [9.17, 15) is 4.79 Å². The van der Waals surface area contributed by atoms with Gasteiger partial charge in [0.2, 0.25) is 0 Å². The van der Waals surface area contributed by atoms with Crippen LogP contribution in [0.3, 0.4) is 0 Å². The van der Waals surface area contributed by atoms with Gasteiger partial charge in [0.15, 0.2) is 0 Å². The second-order valence-corrected chi connectivity index (χ2v) is 9.51. The van der Waals surface area contributed by atoms with Crippen molar-refractivity contribution in [3.63, 3.8) is 0 Å². The Hall–Kier alpha value is -3.05. The monoisotopic (exact) mass is 458 g/mol. The Morgan fingerprint density at radius 2 is 1.68 bits per heavy atom. The molecule has 1 fully saturated rings. The van der Waals surface area contributed by atoms with Crippen molar-refractivity contribution in [1.29, 1.82) is 0 Å². The number of aromatic nitrogens is 1. The number of piperazine rings is 1. The van der Waals surface area contributed by atoms with Gasteiger partial charge in [0, 0.05) is 44.0 Å². The summed E-state index contributed by atoms with van der Waals surface area (Å²) in [4.78, 5) is 18.7. The quantitative estimate of drug-likeness (QED) is 0.536. The number of likely N-dealkylation sites (N-methyl/N-ethyl adjacent to an activating group) is 1. The molecule has 1 unspecified atom stereocenters. The number of carbonyl (C=O) groups is 1. The van der Waals surface area contributed by atoms with Crippen LogP contribution in [0.5, 0.6) is 0 Å². The third-order valence-electron chi connectivity index (χ3n) is 7.15. The van der Waals surface area contributed by atoms with Crippen molar-refractivity contribution in [3.8, 4) is 0 Å². The van der Waals surface area contributed by atoms with Crippen molar-refractivity contribution in [2.45, 2.75) is 47.2 Å². The number of anilines is 1. The zero-order valence-electron chi connectivity index (χ0n) is 21.3. The van der Waals surface area contributed by atoms with E-state index >= 15 is 0 Å². The number of hydrogen-bond donors (Lipinski definition) is 1. The van der Waals surface area contributed by atoms with Crippen LogP contribution in [0.1, 0.15) is 58.3 Å². The maximum Gasteiger partial charge on any atom is 0.268 e. The van der Waals surface area contributed by atoms with E-state index in [4.69, 9.17) is 0 Å². The van der Waals surface area contributed by atoms with Crippen molar-refractivity contribution in [2.24, 2.45) is 0 Å². The smallest absolute Gasteiger partial charge is 0.268 e. The number of nitrogens with one attached hydrogen (secondary N) is 1. The Morgan fingerprint density at radius 3 is 2.32 bits per heavy atom. The lowest BCUT2D eigenvalue weighted by atomic mass is 10.1. The molecule has 0 saturated carbocycles. The number of nitrogens with zero attached hydrogens (tertiary/aromatic N) is 3. The first kappa shape index (κ1) is 24.1. The highest BCUT2D eigenvalue weighted by molar-refractivity contribution is 5.97. The predicted octanol–water partition coefficient (Wildman–Crippen LogP) is 5.09. The van der Waals surface area contributed by atoms with E-state index in [0.29, 0.717) is 6.54 Å². The lowest BCUT2D eigenvalue weighted by molar-refractivity contribution is 0.0930. The minimum Gasteiger partial charge on any atom is -0.367 e. The minimum absolute atomic E-state index is 0.0111. The van der Waals surface area contributed by atoms with Crippen LogP contribution in [0, 0.1) is 20.8 Å². The fourth-order valence-electron chi connectivity index (χ4n) is 5.21. The van der Waals surface area contributed by atoms with E-state index in [2.05, 4.69) is 83.8 Å². The molecule has 1 N–H and O–H groups in total. The van der Waals surface area contributed by atoms with Gasteiger partial charge in [-0.1, -0.05) is 67.1 Å². The van der Waals surface area contributed by atoms with Crippen LogP contribution in [-0.4, -0.2) is 48.1 Å². The molecule has 4 rings (SSSR count). The average Bonchev–Trinajstić information content (AvgIpc) is 3.08. The van der Waals surface area contributed by atoms with Crippen molar-refractivity contribution in [3.05, 3.63) is 88.2 Å². The van der Waals surface area contributed by atoms with E-state index in [1.54, 1.807) is 0 Å². The molecule has 3 aromatic rings. The highest BCUT2D eigenvalue weighted by Gasteiger charge is 2.28. The predicted molar refractivity (Wildman–Crippen MR) is 141 cm³/mol. The summed E-state index contributed by atoms with van der Waals surface area (Å²) < 4.78 is 2.22. The summed E-state index contributed by atoms with van der Waals surface area (Å²) in [6.07, 6.45) is 0. The van der Waals surface area contributed by atoms with E-state index in [-0.39, 0.29) is 11.9 Å². The van der Waals surface area contributed by atoms with Crippen LogP contribution < -0.4 is 10.2 Å². The fraction of sp³-hybridized carbons (Fsp3) is 0.414. The molecule has 5 heteroatoms. The van der Waals surface area contributed by atoms with Crippen LogP contribution >= 0.6 is 0 Å². The second-order valence-electron chi connectivity index (χ2n) is 9.51. The van der Waals surface area contributed by atoms with Crippen LogP contribution in [0.4, 0.5) is 5.69 Å². The van der Waals surface area contributed by atoms with E-state index < -0.39 is 0 Å². The van der Waals surface area contributed by atoms with Gasteiger partial charge in [-0.25, -0.2) is 0 Å². The number of carbonyl (C=O) groups excluding carboxylic acids is 1. The maximum atomic E-state index is 13.7. The number of amides is 1. The molecule has 0 spiro atoms. The number of hydrogen-bond acceptors (Lipinski definition) is 3. The summed E-state index contributed by atoms with van der Waals surface area (Å²) in [6.45, 7) is 16.6. The van der Waals surface area contributed by atoms with Gasteiger partial charge >= 0.3 is 0 Å². The van der Waals surface area contributed by atoms with Gasteiger partial charge in [0.05, 0.1) is 11.7 Å². The van der Waals surface area contributed by atoms with Crippen molar-refractivity contribution < 1.29 is 4.79 Å². The maximum absolute atomic E-state index is 13.7. The molecule has 1 aromatic heterocycles. The van der Waals surface area contributed by atoms with Crippen LogP contribution in [-0.2, 0) is 6.54 Å². The first-order valence-electron chi connectivity index (χ1n) is 12.5. The summed E-state index contributed by atoms with van der Waals surface area (Å²) in [7, 11) is 0. The minimum atomic E-state index is -0.0627. The Morgan fingerprint density at radius 1 is 0.971 bits per heavy atom. The van der Waals surface area contributed by atoms with Crippen molar-refractivity contribution >= 4 is 11.6 Å². The first-order valence-corrected chi connectivity index (χ1v) is 12.5. The van der Waals surface area contributed by atoms with Gasteiger partial charge in [0.1, 0.15) is 5.69 Å². The molecule has 1 atom stereocenters. The number of benzene rings is 2. The summed E-state index contributed by atoms with van der Waals surface area (Å²) in [5, 5.41) is 3.26. The molecule has 2 heterocycles. The fourth-order valence-corrected chi connectivity index (χ4v) is 5.21. The van der Waals surface area contributed by atoms with E-state index in [0.717, 1.165) is 49.5 Å². The highest BCUT2D eigenvalue weighted by atomic mass is 16.2. The zero-order valence-corrected chi connectivity index (χ0v) is 21.3. The Kier molecular flexibility index (Phi) is 7.42. The van der Waals surface area contributed by atoms with Crippen molar-refractivity contribution in [2.75, 3.05) is 37.6 Å². The summed E-state index contributed by atoms with van der Waals surface area (Å²) in [6, 6.07) is 18.7. The highest BCUT2D eigenvalue weighted by Crippen LogP contribution is 2.33. The standard InChI is InChI=1S/C29H38N4O/c1-6-31-15-17-32(18-16-31)27-22(3)28(29(34)30-23(4)26-13-8-7-9-14-26)33(24(27)5)20-25-12-10-11-21(2)19-25/h7-14,19,23H,6,15-18,20H2,1-5H3,(H,30,34). The Labute approximate surface area is 204 Å². The summed E-state index contributed by atoms with van der Waals surface area (Å²) >= 11 is 0. The van der Waals surface area contributed by atoms with Gasteiger partial charge < -0.3 is 19.7 Å². The molecule has 1 aliphatic rings. The molecule has 0 aliphatic carbocycles. The summed E-state index contributed by atoms with van der Waals surface area (Å²) in [5.74, 6) is -0.0111. The van der Waals surface area contributed by atoms with E-state index in [1.807, 2.05) is 25.1 Å². The molecule has 180 valence electrons. The van der Waals surface area contributed by atoms with Gasteiger partial charge in [-0.05, 0) is 45.4 Å². The third-order valence-corrected chi connectivity index (χ3v) is 7.15. The second kappa shape index (κ2) is 10.5. The SMILES string of the molecule is CCN1CCN(c2c(C)c(C(=O)NC(C)c3ccccc3)n(Cc3cccc(C)c3)c2C)CC1. The first-order chi connectivity index (χ1) is 16.4. The van der Waals surface area contributed by atoms with Gasteiger partial charge in [-0.2, -0.15) is 0 Å². The molecular formula is C29H38N4O. The van der Waals surface area contributed by atoms with Gasteiger partial charge in [-0.15, -0.1) is 0 Å².